The zero-order valence-electron chi connectivity index (χ0n) is 7.84. The third-order valence-corrected chi connectivity index (χ3v) is 4.63. The van der Waals surface area contributed by atoms with Gasteiger partial charge in [0.25, 0.3) is 0 Å². The quantitative estimate of drug-likeness (QED) is 0.658. The van der Waals surface area contributed by atoms with Crippen LogP contribution in [0.25, 0.3) is 0 Å². The van der Waals surface area contributed by atoms with Crippen LogP contribution in [0.15, 0.2) is 37.9 Å². The molecule has 0 fully saturated rings. The zero-order chi connectivity index (χ0) is 11.7. The third kappa shape index (κ3) is 2.40. The van der Waals surface area contributed by atoms with E-state index < -0.39 is 0 Å². The van der Waals surface area contributed by atoms with Gasteiger partial charge in [0.15, 0.2) is 5.78 Å². The van der Waals surface area contributed by atoms with Crippen LogP contribution in [0.4, 0.5) is 0 Å². The summed E-state index contributed by atoms with van der Waals surface area (Å²) in [5.41, 5.74) is 1.29. The average Bonchev–Trinajstić information content (AvgIpc) is 2.63. The predicted octanol–water partition coefficient (Wildman–Crippen LogP) is 5.16. The molecule has 0 bridgehead atoms. The Bertz CT molecular complexity index is 551. The van der Waals surface area contributed by atoms with Crippen LogP contribution in [0.1, 0.15) is 15.9 Å². The number of hydrogen-bond donors (Lipinski definition) is 0. The first-order valence-electron chi connectivity index (χ1n) is 4.31. The molecule has 0 saturated heterocycles. The van der Waals surface area contributed by atoms with E-state index in [2.05, 4.69) is 31.9 Å². The molecule has 2 rings (SSSR count). The van der Waals surface area contributed by atoms with Crippen molar-refractivity contribution in [3.8, 4) is 0 Å². The van der Waals surface area contributed by atoms with E-state index in [1.165, 1.54) is 11.3 Å². The largest absolute Gasteiger partial charge is 0.288 e. The van der Waals surface area contributed by atoms with E-state index in [0.29, 0.717) is 20.6 Å². The van der Waals surface area contributed by atoms with Crippen LogP contribution in [-0.4, -0.2) is 5.78 Å². The molecule has 0 aliphatic carbocycles. The SMILES string of the molecule is O=C(c1ccc(Cl)cc1Br)c1cscc1Br. The van der Waals surface area contributed by atoms with Crippen LogP contribution in [0, 0.1) is 0 Å². The van der Waals surface area contributed by atoms with Crippen molar-refractivity contribution in [3.05, 3.63) is 54.1 Å². The third-order valence-electron chi connectivity index (χ3n) is 2.04. The summed E-state index contributed by atoms with van der Waals surface area (Å²) in [7, 11) is 0. The first-order chi connectivity index (χ1) is 7.59. The Hall–Kier alpha value is -0.160. The minimum absolute atomic E-state index is 0.0170. The second-order valence-electron chi connectivity index (χ2n) is 3.09. The number of benzene rings is 1. The molecule has 1 nitrogen and oxygen atoms in total. The van der Waals surface area contributed by atoms with Crippen molar-refractivity contribution in [2.24, 2.45) is 0 Å². The van der Waals surface area contributed by atoms with Crippen LogP contribution >= 0.6 is 54.8 Å². The van der Waals surface area contributed by atoms with Crippen LogP contribution in [0.5, 0.6) is 0 Å². The van der Waals surface area contributed by atoms with Crippen LogP contribution in [0.3, 0.4) is 0 Å². The molecule has 0 aliphatic heterocycles. The summed E-state index contributed by atoms with van der Waals surface area (Å²) in [5, 5.41) is 4.32. The highest BCUT2D eigenvalue weighted by Crippen LogP contribution is 2.28. The van der Waals surface area contributed by atoms with Gasteiger partial charge in [-0.2, -0.15) is 11.3 Å². The van der Waals surface area contributed by atoms with Crippen molar-refractivity contribution < 1.29 is 4.79 Å². The molecule has 2 aromatic rings. The van der Waals surface area contributed by atoms with E-state index in [0.717, 1.165) is 4.47 Å². The number of hydrogen-bond acceptors (Lipinski definition) is 2. The van der Waals surface area contributed by atoms with Crippen molar-refractivity contribution >= 4 is 60.6 Å². The lowest BCUT2D eigenvalue weighted by Crippen LogP contribution is -2.01. The summed E-state index contributed by atoms with van der Waals surface area (Å²) < 4.78 is 1.53. The Labute approximate surface area is 119 Å². The van der Waals surface area contributed by atoms with Gasteiger partial charge in [-0.25, -0.2) is 0 Å². The number of carbonyl (C=O) groups is 1. The number of thiophene rings is 1. The molecule has 82 valence electrons. The Morgan fingerprint density at radius 1 is 1.12 bits per heavy atom. The number of carbonyl (C=O) groups excluding carboxylic acids is 1. The van der Waals surface area contributed by atoms with Gasteiger partial charge in [0.05, 0.1) is 0 Å². The molecule has 1 aromatic carbocycles. The summed E-state index contributed by atoms with van der Waals surface area (Å²) in [6.45, 7) is 0. The fraction of sp³-hybridized carbons (Fsp3) is 0. The highest BCUT2D eigenvalue weighted by atomic mass is 79.9. The molecule has 1 aromatic heterocycles. The Kier molecular flexibility index (Phi) is 3.85. The lowest BCUT2D eigenvalue weighted by molar-refractivity contribution is 0.103. The smallest absolute Gasteiger partial charge is 0.196 e. The van der Waals surface area contributed by atoms with Gasteiger partial charge in [-0.1, -0.05) is 11.6 Å². The fourth-order valence-corrected chi connectivity index (χ4v) is 3.58. The maximum Gasteiger partial charge on any atom is 0.196 e. The normalized spacial score (nSPS) is 10.4. The van der Waals surface area contributed by atoms with Gasteiger partial charge in [0, 0.05) is 35.9 Å². The lowest BCUT2D eigenvalue weighted by Gasteiger charge is -2.03. The van der Waals surface area contributed by atoms with Crippen LogP contribution < -0.4 is 0 Å². The summed E-state index contributed by atoms with van der Waals surface area (Å²) in [4.78, 5) is 12.2. The topological polar surface area (TPSA) is 17.1 Å². The summed E-state index contributed by atoms with van der Waals surface area (Å²) in [5.74, 6) is -0.0170. The van der Waals surface area contributed by atoms with E-state index in [4.69, 9.17) is 11.6 Å². The van der Waals surface area contributed by atoms with E-state index in [1.54, 1.807) is 18.2 Å². The van der Waals surface area contributed by atoms with Crippen molar-refractivity contribution in [3.63, 3.8) is 0 Å². The second-order valence-corrected chi connectivity index (χ2v) is 5.98. The minimum atomic E-state index is -0.0170. The van der Waals surface area contributed by atoms with E-state index in [1.807, 2.05) is 10.8 Å². The molecular weight excluding hydrogens is 375 g/mol. The Morgan fingerprint density at radius 3 is 2.44 bits per heavy atom. The molecule has 0 N–H and O–H groups in total. The average molecular weight is 380 g/mol. The van der Waals surface area contributed by atoms with Gasteiger partial charge in [0.2, 0.25) is 0 Å². The maximum absolute atomic E-state index is 12.2. The molecule has 0 aliphatic rings. The summed E-state index contributed by atoms with van der Waals surface area (Å²) in [6.07, 6.45) is 0. The molecule has 0 unspecified atom stereocenters. The molecule has 0 saturated carbocycles. The molecule has 5 heteroatoms. The fourth-order valence-electron chi connectivity index (χ4n) is 1.26. The highest BCUT2D eigenvalue weighted by molar-refractivity contribution is 9.11. The Morgan fingerprint density at radius 2 is 1.88 bits per heavy atom. The molecule has 0 radical (unpaired) electrons. The van der Waals surface area contributed by atoms with E-state index >= 15 is 0 Å². The monoisotopic (exact) mass is 378 g/mol. The summed E-state index contributed by atoms with van der Waals surface area (Å²) >= 11 is 14.0. The van der Waals surface area contributed by atoms with Crippen molar-refractivity contribution in [2.45, 2.75) is 0 Å². The molecule has 0 amide bonds. The van der Waals surface area contributed by atoms with Gasteiger partial charge in [0.1, 0.15) is 0 Å². The second kappa shape index (κ2) is 5.00. The molecule has 0 atom stereocenters. The van der Waals surface area contributed by atoms with Crippen LogP contribution in [0.2, 0.25) is 5.02 Å². The zero-order valence-corrected chi connectivity index (χ0v) is 12.6. The number of ketones is 1. The summed E-state index contributed by atoms with van der Waals surface area (Å²) in [6, 6.07) is 5.15. The van der Waals surface area contributed by atoms with Crippen LogP contribution in [-0.2, 0) is 0 Å². The number of halogens is 3. The number of rotatable bonds is 2. The predicted molar refractivity (Wildman–Crippen MR) is 74.6 cm³/mol. The van der Waals surface area contributed by atoms with Gasteiger partial charge in [-0.3, -0.25) is 4.79 Å². The maximum atomic E-state index is 12.2. The molecule has 1 heterocycles. The van der Waals surface area contributed by atoms with Crippen molar-refractivity contribution in [1.82, 2.24) is 0 Å². The first-order valence-corrected chi connectivity index (χ1v) is 7.21. The molecule has 0 spiro atoms. The molecule has 16 heavy (non-hydrogen) atoms. The van der Waals surface area contributed by atoms with Gasteiger partial charge < -0.3 is 0 Å². The highest BCUT2D eigenvalue weighted by Gasteiger charge is 2.16. The van der Waals surface area contributed by atoms with Crippen molar-refractivity contribution in [1.29, 1.82) is 0 Å². The van der Waals surface area contributed by atoms with E-state index in [-0.39, 0.29) is 5.78 Å². The van der Waals surface area contributed by atoms with Gasteiger partial charge >= 0.3 is 0 Å². The van der Waals surface area contributed by atoms with Gasteiger partial charge in [-0.05, 0) is 50.1 Å². The van der Waals surface area contributed by atoms with Gasteiger partial charge in [-0.15, -0.1) is 0 Å². The standard InChI is InChI=1S/C11H5Br2ClOS/c12-9-3-6(14)1-2-7(9)11(15)8-4-16-5-10(8)13/h1-5H. The lowest BCUT2D eigenvalue weighted by atomic mass is 10.1. The Balaban J connectivity index is 2.46. The molecular formula is C11H5Br2ClOS. The minimum Gasteiger partial charge on any atom is -0.288 e. The first kappa shape index (κ1) is 12.3. The van der Waals surface area contributed by atoms with E-state index in [9.17, 15) is 4.79 Å². The van der Waals surface area contributed by atoms with Crippen molar-refractivity contribution in [2.75, 3.05) is 0 Å².